The Bertz CT molecular complexity index is 1060. The summed E-state index contributed by atoms with van der Waals surface area (Å²) in [5, 5.41) is 21.3. The normalized spacial score (nSPS) is 13.0. The zero-order valence-corrected chi connectivity index (χ0v) is 14.8. The van der Waals surface area contributed by atoms with Crippen molar-refractivity contribution in [3.05, 3.63) is 41.0 Å². The van der Waals surface area contributed by atoms with Gasteiger partial charge in [0.15, 0.2) is 0 Å². The van der Waals surface area contributed by atoms with Crippen LogP contribution < -0.4 is 5.32 Å². The number of aliphatic carboxylic acids is 1. The molecule has 0 unspecified atom stereocenters. The van der Waals surface area contributed by atoms with Crippen molar-refractivity contribution in [2.24, 2.45) is 0 Å². The van der Waals surface area contributed by atoms with Crippen LogP contribution in [0.4, 0.5) is 5.69 Å². The fourth-order valence-corrected chi connectivity index (χ4v) is 3.23. The molecule has 3 amide bonds. The van der Waals surface area contributed by atoms with Gasteiger partial charge in [-0.3, -0.25) is 24.1 Å². The van der Waals surface area contributed by atoms with E-state index < -0.39 is 23.8 Å². The summed E-state index contributed by atoms with van der Waals surface area (Å²) in [5.41, 5.74) is 0.343. The molecule has 9 heteroatoms. The van der Waals surface area contributed by atoms with E-state index in [0.717, 1.165) is 4.90 Å². The van der Waals surface area contributed by atoms with Crippen molar-refractivity contribution in [3.63, 3.8) is 0 Å². The van der Waals surface area contributed by atoms with E-state index in [2.05, 4.69) is 5.32 Å². The Hall–Kier alpha value is -3.75. The summed E-state index contributed by atoms with van der Waals surface area (Å²) in [6.45, 7) is 1.17. The van der Waals surface area contributed by atoms with Gasteiger partial charge in [-0.15, -0.1) is 0 Å². The standard InChI is InChI=1S/C19H16N2O7/c1-9(22)20-12-6-10-5-11(19(27)28)7-13-16(10)14(8-12)18(26)21(17(13)25)4-2-3-15(23)24/h5-8H,2-4H2,1H3,(H,20,22)(H,23,24)(H,27,28). The minimum absolute atomic E-state index is 0.0502. The fourth-order valence-electron chi connectivity index (χ4n) is 3.23. The SMILES string of the molecule is CC(=O)Nc1cc2c3c(cc(C(=O)O)cc3c1)C(=O)N(CCCC(=O)O)C2=O. The summed E-state index contributed by atoms with van der Waals surface area (Å²) < 4.78 is 0. The molecule has 0 aliphatic carbocycles. The molecular formula is C19H16N2O7. The Balaban J connectivity index is 2.17. The van der Waals surface area contributed by atoms with E-state index in [1.165, 1.54) is 31.2 Å². The van der Waals surface area contributed by atoms with Crippen LogP contribution in [0.1, 0.15) is 50.8 Å². The number of nitrogens with zero attached hydrogens (tertiary/aromatic N) is 1. The number of imide groups is 1. The van der Waals surface area contributed by atoms with Gasteiger partial charge in [0.1, 0.15) is 0 Å². The summed E-state index contributed by atoms with van der Waals surface area (Å²) in [6.07, 6.45) is -0.157. The minimum atomic E-state index is -1.24. The number of benzene rings is 2. The first-order valence-electron chi connectivity index (χ1n) is 8.39. The molecular weight excluding hydrogens is 368 g/mol. The van der Waals surface area contributed by atoms with Crippen molar-refractivity contribution in [3.8, 4) is 0 Å². The molecule has 1 heterocycles. The molecule has 0 atom stereocenters. The predicted molar refractivity (Wildman–Crippen MR) is 97.4 cm³/mol. The molecule has 28 heavy (non-hydrogen) atoms. The average molecular weight is 384 g/mol. The molecule has 0 spiro atoms. The fraction of sp³-hybridized carbons (Fsp3) is 0.211. The Labute approximate surface area is 158 Å². The summed E-state index contributed by atoms with van der Waals surface area (Å²) in [5.74, 6) is -3.97. The van der Waals surface area contributed by atoms with Gasteiger partial charge in [0, 0.05) is 36.5 Å². The molecule has 3 N–H and O–H groups in total. The lowest BCUT2D eigenvalue weighted by Crippen LogP contribution is -2.41. The summed E-state index contributed by atoms with van der Waals surface area (Å²) in [4.78, 5) is 60.2. The molecule has 3 rings (SSSR count). The maximum Gasteiger partial charge on any atom is 0.335 e. The summed E-state index contributed by atoms with van der Waals surface area (Å²) in [7, 11) is 0. The third-order valence-corrected chi connectivity index (χ3v) is 4.34. The van der Waals surface area contributed by atoms with E-state index in [-0.39, 0.29) is 47.7 Å². The van der Waals surface area contributed by atoms with E-state index >= 15 is 0 Å². The number of hydrogen-bond acceptors (Lipinski definition) is 5. The number of carbonyl (C=O) groups excluding carboxylic acids is 3. The Morgan fingerprint density at radius 3 is 2.21 bits per heavy atom. The number of rotatable bonds is 6. The smallest absolute Gasteiger partial charge is 0.335 e. The molecule has 2 aromatic carbocycles. The van der Waals surface area contributed by atoms with Gasteiger partial charge >= 0.3 is 11.9 Å². The molecule has 0 fully saturated rings. The lowest BCUT2D eigenvalue weighted by Gasteiger charge is -2.28. The van der Waals surface area contributed by atoms with Gasteiger partial charge in [-0.2, -0.15) is 0 Å². The van der Waals surface area contributed by atoms with E-state index in [1.54, 1.807) is 0 Å². The number of anilines is 1. The Morgan fingerprint density at radius 2 is 1.64 bits per heavy atom. The van der Waals surface area contributed by atoms with E-state index in [1.807, 2.05) is 0 Å². The Kier molecular flexibility index (Phi) is 4.83. The molecule has 0 saturated heterocycles. The summed E-state index contributed by atoms with van der Waals surface area (Å²) >= 11 is 0. The van der Waals surface area contributed by atoms with Crippen LogP contribution in [0.25, 0.3) is 10.8 Å². The Morgan fingerprint density at radius 1 is 1.00 bits per heavy atom. The van der Waals surface area contributed by atoms with Crippen molar-refractivity contribution >= 4 is 46.1 Å². The first-order chi connectivity index (χ1) is 13.2. The molecule has 1 aliphatic rings. The van der Waals surface area contributed by atoms with Crippen molar-refractivity contribution in [2.75, 3.05) is 11.9 Å². The highest BCUT2D eigenvalue weighted by Crippen LogP contribution is 2.34. The molecule has 0 aromatic heterocycles. The maximum atomic E-state index is 12.9. The van der Waals surface area contributed by atoms with Gasteiger partial charge in [-0.1, -0.05) is 0 Å². The molecule has 9 nitrogen and oxygen atoms in total. The number of hydrogen-bond donors (Lipinski definition) is 3. The van der Waals surface area contributed by atoms with E-state index in [0.29, 0.717) is 10.8 Å². The number of nitrogens with one attached hydrogen (secondary N) is 1. The number of carboxylic acids is 2. The second-order valence-corrected chi connectivity index (χ2v) is 6.39. The topological polar surface area (TPSA) is 141 Å². The van der Waals surface area contributed by atoms with Gasteiger partial charge in [-0.25, -0.2) is 4.79 Å². The van der Waals surface area contributed by atoms with Crippen LogP contribution in [0.3, 0.4) is 0 Å². The minimum Gasteiger partial charge on any atom is -0.481 e. The van der Waals surface area contributed by atoms with Gasteiger partial charge in [0.25, 0.3) is 11.8 Å². The number of aromatic carboxylic acids is 1. The first-order valence-corrected chi connectivity index (χ1v) is 8.39. The molecule has 1 aliphatic heterocycles. The van der Waals surface area contributed by atoms with Crippen LogP contribution in [0, 0.1) is 0 Å². The molecule has 0 bridgehead atoms. The highest BCUT2D eigenvalue weighted by Gasteiger charge is 2.34. The number of carbonyl (C=O) groups is 5. The second kappa shape index (κ2) is 7.10. The highest BCUT2D eigenvalue weighted by molar-refractivity contribution is 6.26. The predicted octanol–water partition coefficient (Wildman–Crippen LogP) is 1.96. The number of amides is 3. The van der Waals surface area contributed by atoms with Crippen LogP contribution in [-0.4, -0.2) is 51.3 Å². The van der Waals surface area contributed by atoms with Gasteiger partial charge in [0.05, 0.1) is 11.1 Å². The lowest BCUT2D eigenvalue weighted by atomic mass is 9.91. The number of carboxylic acid groups (broad SMARTS) is 2. The van der Waals surface area contributed by atoms with Crippen molar-refractivity contribution in [1.29, 1.82) is 0 Å². The monoisotopic (exact) mass is 384 g/mol. The largest absolute Gasteiger partial charge is 0.481 e. The molecule has 0 radical (unpaired) electrons. The van der Waals surface area contributed by atoms with Gasteiger partial charge in [-0.05, 0) is 36.1 Å². The zero-order valence-electron chi connectivity index (χ0n) is 14.8. The first kappa shape index (κ1) is 19.0. The lowest BCUT2D eigenvalue weighted by molar-refractivity contribution is -0.137. The van der Waals surface area contributed by atoms with Crippen LogP contribution in [-0.2, 0) is 9.59 Å². The molecule has 144 valence electrons. The van der Waals surface area contributed by atoms with E-state index in [4.69, 9.17) is 5.11 Å². The summed E-state index contributed by atoms with van der Waals surface area (Å²) in [6, 6.07) is 5.45. The molecule has 2 aromatic rings. The van der Waals surface area contributed by atoms with Crippen molar-refractivity contribution in [1.82, 2.24) is 4.90 Å². The quantitative estimate of drug-likeness (QED) is 0.646. The van der Waals surface area contributed by atoms with Crippen molar-refractivity contribution in [2.45, 2.75) is 19.8 Å². The van der Waals surface area contributed by atoms with Crippen molar-refractivity contribution < 1.29 is 34.2 Å². The molecule has 0 saturated carbocycles. The average Bonchev–Trinajstić information content (AvgIpc) is 2.60. The van der Waals surface area contributed by atoms with Gasteiger partial charge in [0.2, 0.25) is 5.91 Å². The third kappa shape index (κ3) is 3.41. The maximum absolute atomic E-state index is 12.9. The van der Waals surface area contributed by atoms with Crippen LogP contribution in [0.5, 0.6) is 0 Å². The van der Waals surface area contributed by atoms with E-state index in [9.17, 15) is 29.1 Å². The second-order valence-electron chi connectivity index (χ2n) is 6.39. The van der Waals surface area contributed by atoms with Gasteiger partial charge < -0.3 is 15.5 Å². The van der Waals surface area contributed by atoms with Crippen LogP contribution >= 0.6 is 0 Å². The van der Waals surface area contributed by atoms with Crippen LogP contribution in [0.2, 0.25) is 0 Å². The highest BCUT2D eigenvalue weighted by atomic mass is 16.4. The zero-order chi connectivity index (χ0) is 20.6. The van der Waals surface area contributed by atoms with Crippen LogP contribution in [0.15, 0.2) is 24.3 Å². The third-order valence-electron chi connectivity index (χ3n) is 4.34.